The Morgan fingerprint density at radius 2 is 0.902 bits per heavy atom. The minimum atomic E-state index is -4.39. The average Bonchev–Trinajstić information content (AvgIpc) is 3.50. The molecule has 224 valence electrons. The molecule has 0 saturated heterocycles. The van der Waals surface area contributed by atoms with Gasteiger partial charge in [0.25, 0.3) is 0 Å². The van der Waals surface area contributed by atoms with Crippen LogP contribution in [0.25, 0.3) is 0 Å². The summed E-state index contributed by atoms with van der Waals surface area (Å²) in [7, 11) is -8.77. The van der Waals surface area contributed by atoms with Gasteiger partial charge in [-0.2, -0.15) is 0 Å². The van der Waals surface area contributed by atoms with Crippen LogP contribution in [0, 0.1) is 0 Å². The number of rotatable bonds is 14. The van der Waals surface area contributed by atoms with Gasteiger partial charge >= 0.3 is 37.7 Å². The molecule has 0 amide bonds. The second kappa shape index (κ2) is 17.1. The van der Waals surface area contributed by atoms with Gasteiger partial charge in [0.2, 0.25) is 0 Å². The fraction of sp³-hybridized carbons (Fsp3) is 0.571. The Hall–Kier alpha value is -1.28. The van der Waals surface area contributed by atoms with E-state index in [9.17, 15) is 25.9 Å². The van der Waals surface area contributed by atoms with Crippen molar-refractivity contribution in [3.63, 3.8) is 0 Å². The van der Waals surface area contributed by atoms with Gasteiger partial charge in [-0.3, -0.25) is 0 Å². The molecule has 0 aliphatic carbocycles. The zero-order chi connectivity index (χ0) is 29.2. The second-order valence-corrected chi connectivity index (χ2v) is 13.2. The van der Waals surface area contributed by atoms with Crippen molar-refractivity contribution in [3.8, 4) is 0 Å². The van der Waals surface area contributed by atoms with Crippen LogP contribution in [-0.4, -0.2) is 76.0 Å². The van der Waals surface area contributed by atoms with Crippen LogP contribution in [0.4, 0.5) is 22.7 Å². The monoisotopic (exact) mass is 634 g/mol. The molecule has 41 heavy (non-hydrogen) atoms. The minimum absolute atomic E-state index is 0. The molecule has 0 saturated carbocycles. The molecule has 0 bridgehead atoms. The van der Waals surface area contributed by atoms with Crippen LogP contribution in [0.1, 0.15) is 90.9 Å². The van der Waals surface area contributed by atoms with Crippen LogP contribution in [0.2, 0.25) is 0 Å². The van der Waals surface area contributed by atoms with Crippen molar-refractivity contribution < 1.29 is 25.9 Å². The first-order valence-corrected chi connectivity index (χ1v) is 17.1. The number of nitrogens with one attached hydrogen (secondary N) is 4. The van der Waals surface area contributed by atoms with Crippen molar-refractivity contribution in [2.45, 2.75) is 113 Å². The second-order valence-electron chi connectivity index (χ2n) is 10.4. The van der Waals surface area contributed by atoms with E-state index in [4.69, 9.17) is 0 Å². The van der Waals surface area contributed by atoms with Crippen molar-refractivity contribution in [2.75, 3.05) is 21.3 Å². The molecule has 0 radical (unpaired) electrons. The molecule has 2 aliphatic heterocycles. The third-order valence-corrected chi connectivity index (χ3v) is 8.73. The zero-order valence-electron chi connectivity index (χ0n) is 24.1. The Bertz CT molecular complexity index is 1220. The smallest absolute Gasteiger partial charge is 0.744 e. The Morgan fingerprint density at radius 3 is 1.24 bits per heavy atom. The molecule has 2 aliphatic rings. The maximum Gasteiger partial charge on any atom is 2.00 e. The molecule has 0 spiro atoms. The fourth-order valence-corrected chi connectivity index (χ4v) is 5.86. The number of benzene rings is 2. The van der Waals surface area contributed by atoms with E-state index in [1.807, 2.05) is 0 Å². The van der Waals surface area contributed by atoms with E-state index in [-0.39, 0.29) is 59.9 Å². The van der Waals surface area contributed by atoms with E-state index in [2.05, 4.69) is 35.1 Å². The molecule has 13 heteroatoms. The van der Waals surface area contributed by atoms with Gasteiger partial charge in [0.15, 0.2) is 0 Å². The topological polar surface area (TPSA) is 163 Å². The summed E-state index contributed by atoms with van der Waals surface area (Å²) in [5.41, 5.74) is 3.10. The van der Waals surface area contributed by atoms with Crippen LogP contribution in [0.5, 0.6) is 0 Å². The van der Waals surface area contributed by atoms with E-state index in [0.29, 0.717) is 11.4 Å². The Balaban J connectivity index is 0.000000280. The normalized spacial score (nSPS) is 17.0. The summed E-state index contributed by atoms with van der Waals surface area (Å²) in [5, 5.41) is 13.0. The van der Waals surface area contributed by atoms with Gasteiger partial charge < -0.3 is 30.4 Å². The molecule has 2 aromatic rings. The third-order valence-electron chi connectivity index (χ3n) is 7.07. The number of hydrogen-bond acceptors (Lipinski definition) is 10. The van der Waals surface area contributed by atoms with Crippen LogP contribution in [0.3, 0.4) is 0 Å². The van der Waals surface area contributed by atoms with E-state index in [1.54, 1.807) is 12.1 Å². The van der Waals surface area contributed by atoms with Gasteiger partial charge in [-0.1, -0.05) is 65.2 Å². The maximum atomic E-state index is 11.0. The number of hydrogen-bond donors (Lipinski definition) is 4. The SMILES string of the molecule is CCCCCCCC1Nc2ccc(S(=O)(=O)[O-])cc2N1.CCCCCCCC1Nc2ccc(S(=O)(=O)[O-])cc2N1.[Ca+2]. The Kier molecular flexibility index (Phi) is 15.0. The zero-order valence-corrected chi connectivity index (χ0v) is 27.9. The van der Waals surface area contributed by atoms with Crippen molar-refractivity contribution in [1.82, 2.24) is 0 Å². The summed E-state index contributed by atoms with van der Waals surface area (Å²) < 4.78 is 65.9. The van der Waals surface area contributed by atoms with Gasteiger partial charge in [-0.15, -0.1) is 0 Å². The van der Waals surface area contributed by atoms with E-state index in [1.165, 1.54) is 75.6 Å². The van der Waals surface area contributed by atoms with Crippen molar-refractivity contribution in [2.24, 2.45) is 0 Å². The summed E-state index contributed by atoms with van der Waals surface area (Å²) in [4.78, 5) is -0.372. The standard InChI is InChI=1S/2C14H22N2O3S.Ca/c2*1-2-3-4-5-6-7-14-15-12-9-8-11(20(17,18)19)10-13(12)16-14;/h2*8-10,14-16H,2-7H2,1H3,(H,17,18,19);/q;;+2/p-2. The molecular weight excluding hydrogens is 593 g/mol. The first kappa shape index (κ1) is 35.9. The molecule has 0 aromatic heterocycles. The predicted octanol–water partition coefficient (Wildman–Crippen LogP) is 5.85. The number of unbranched alkanes of at least 4 members (excludes halogenated alkanes) is 8. The number of anilines is 4. The summed E-state index contributed by atoms with van der Waals surface area (Å²) in [6, 6.07) is 8.79. The molecule has 2 aromatic carbocycles. The van der Waals surface area contributed by atoms with Crippen molar-refractivity contribution in [3.05, 3.63) is 36.4 Å². The van der Waals surface area contributed by atoms with Crippen LogP contribution >= 0.6 is 0 Å². The average molecular weight is 635 g/mol. The summed E-state index contributed by atoms with van der Waals surface area (Å²) >= 11 is 0. The maximum absolute atomic E-state index is 11.0. The van der Waals surface area contributed by atoms with E-state index >= 15 is 0 Å². The fourth-order valence-electron chi connectivity index (χ4n) is 4.86. The molecule has 2 atom stereocenters. The molecule has 10 nitrogen and oxygen atoms in total. The first-order chi connectivity index (χ1) is 19.0. The van der Waals surface area contributed by atoms with Gasteiger partial charge in [-0.25, -0.2) is 16.8 Å². The summed E-state index contributed by atoms with van der Waals surface area (Å²) in [6.45, 7) is 4.39. The Morgan fingerprint density at radius 1 is 0.561 bits per heavy atom. The molecular formula is C28H42CaN4O6S2. The third kappa shape index (κ3) is 11.7. The molecule has 2 unspecified atom stereocenters. The molecule has 2 heterocycles. The molecule has 4 N–H and O–H groups in total. The van der Waals surface area contributed by atoms with Crippen LogP contribution in [-0.2, 0) is 20.2 Å². The quantitative estimate of drug-likeness (QED) is 0.113. The summed E-state index contributed by atoms with van der Waals surface area (Å²) in [5.74, 6) is 0. The van der Waals surface area contributed by atoms with Gasteiger partial charge in [0, 0.05) is 0 Å². The molecule has 4 rings (SSSR count). The Labute approximate surface area is 275 Å². The predicted molar refractivity (Wildman–Crippen MR) is 163 cm³/mol. The van der Waals surface area contributed by atoms with Crippen LogP contribution in [0.15, 0.2) is 46.2 Å². The van der Waals surface area contributed by atoms with Crippen molar-refractivity contribution in [1.29, 1.82) is 0 Å². The van der Waals surface area contributed by atoms with Gasteiger partial charge in [-0.05, 0) is 62.1 Å². The first-order valence-electron chi connectivity index (χ1n) is 14.3. The summed E-state index contributed by atoms with van der Waals surface area (Å²) in [6.07, 6.45) is 14.4. The van der Waals surface area contributed by atoms with E-state index < -0.39 is 20.2 Å². The minimum Gasteiger partial charge on any atom is -0.744 e. The van der Waals surface area contributed by atoms with Crippen LogP contribution < -0.4 is 21.3 Å². The van der Waals surface area contributed by atoms with Gasteiger partial charge in [0.1, 0.15) is 20.2 Å². The van der Waals surface area contributed by atoms with Gasteiger partial charge in [0.05, 0.1) is 44.9 Å². The van der Waals surface area contributed by atoms with E-state index in [0.717, 1.165) is 37.1 Å². The largest absolute Gasteiger partial charge is 2.00 e. The molecule has 0 fully saturated rings. The number of fused-ring (bicyclic) bond motifs is 2. The van der Waals surface area contributed by atoms with Crippen molar-refractivity contribution >= 4 is 80.7 Å².